The number of aromatic nitrogens is 3. The van der Waals surface area contributed by atoms with Gasteiger partial charge in [0.15, 0.2) is 5.82 Å². The molecule has 126 valence electrons. The van der Waals surface area contributed by atoms with Crippen LogP contribution in [0.5, 0.6) is 0 Å². The summed E-state index contributed by atoms with van der Waals surface area (Å²) in [7, 11) is 0. The molecule has 0 atom stereocenters. The van der Waals surface area contributed by atoms with Crippen LogP contribution in [0.4, 0.5) is 5.82 Å². The fourth-order valence-electron chi connectivity index (χ4n) is 3.16. The Labute approximate surface area is 152 Å². The molecule has 4 rings (SSSR count). The zero-order valence-electron chi connectivity index (χ0n) is 14.1. The van der Waals surface area contributed by atoms with Crippen LogP contribution >= 0.6 is 11.6 Å². The third-order valence-corrected chi connectivity index (χ3v) is 4.67. The number of hydrogen-bond donors (Lipinski definition) is 0. The van der Waals surface area contributed by atoms with Crippen molar-refractivity contribution in [2.45, 2.75) is 19.8 Å². The van der Waals surface area contributed by atoms with Crippen molar-refractivity contribution < 1.29 is 0 Å². The van der Waals surface area contributed by atoms with E-state index in [1.54, 1.807) is 0 Å². The molecule has 5 heteroatoms. The normalized spacial score (nSPS) is 14.7. The highest BCUT2D eigenvalue weighted by molar-refractivity contribution is 6.29. The molecule has 0 amide bonds. The van der Waals surface area contributed by atoms with Gasteiger partial charge in [0.25, 0.3) is 0 Å². The Kier molecular flexibility index (Phi) is 4.36. The van der Waals surface area contributed by atoms with E-state index in [0.29, 0.717) is 11.0 Å². The van der Waals surface area contributed by atoms with Gasteiger partial charge < -0.3 is 4.90 Å². The number of benzene rings is 1. The van der Waals surface area contributed by atoms with Crippen LogP contribution in [-0.4, -0.2) is 28.0 Å². The van der Waals surface area contributed by atoms with Crippen LogP contribution in [0, 0.1) is 6.92 Å². The van der Waals surface area contributed by atoms with E-state index >= 15 is 0 Å². The number of pyridine rings is 1. The van der Waals surface area contributed by atoms with Gasteiger partial charge in [-0.3, -0.25) is 0 Å². The number of para-hydroxylation sites is 1. The molecule has 0 aliphatic carbocycles. The Bertz CT molecular complexity index is 946. The summed E-state index contributed by atoms with van der Waals surface area (Å²) in [5.41, 5.74) is 3.03. The lowest BCUT2D eigenvalue weighted by atomic mass is 10.1. The molecule has 1 fully saturated rings. The van der Waals surface area contributed by atoms with Gasteiger partial charge in [-0.15, -0.1) is 0 Å². The van der Waals surface area contributed by atoms with Gasteiger partial charge in [0.1, 0.15) is 11.0 Å². The van der Waals surface area contributed by atoms with Crippen LogP contribution in [0.3, 0.4) is 0 Å². The van der Waals surface area contributed by atoms with Gasteiger partial charge in [-0.1, -0.05) is 29.8 Å². The lowest BCUT2D eigenvalue weighted by molar-refractivity contribution is 0.923. The summed E-state index contributed by atoms with van der Waals surface area (Å²) in [6, 6.07) is 12.1. The minimum atomic E-state index is 0.472. The number of halogens is 1. The van der Waals surface area contributed by atoms with Gasteiger partial charge in [-0.05, 0) is 49.6 Å². The second-order valence-corrected chi connectivity index (χ2v) is 6.71. The molecule has 2 aromatic heterocycles. The second kappa shape index (κ2) is 6.81. The maximum Gasteiger partial charge on any atom is 0.156 e. The molecule has 0 saturated carbocycles. The molecule has 1 aromatic carbocycles. The zero-order valence-corrected chi connectivity index (χ0v) is 14.9. The molecule has 0 N–H and O–H groups in total. The molecule has 0 radical (unpaired) electrons. The molecule has 0 spiro atoms. The summed E-state index contributed by atoms with van der Waals surface area (Å²) < 4.78 is 0. The summed E-state index contributed by atoms with van der Waals surface area (Å²) in [4.78, 5) is 15.9. The average molecular weight is 351 g/mol. The maximum atomic E-state index is 6.19. The smallest absolute Gasteiger partial charge is 0.156 e. The number of anilines is 1. The van der Waals surface area contributed by atoms with E-state index in [9.17, 15) is 0 Å². The zero-order chi connectivity index (χ0) is 17.2. The summed E-state index contributed by atoms with van der Waals surface area (Å²) in [5.74, 6) is 1.52. The Morgan fingerprint density at radius 3 is 2.64 bits per heavy atom. The second-order valence-electron chi connectivity index (χ2n) is 6.32. The average Bonchev–Trinajstić information content (AvgIpc) is 3.14. The van der Waals surface area contributed by atoms with E-state index in [0.717, 1.165) is 41.1 Å². The molecule has 3 heterocycles. The topological polar surface area (TPSA) is 41.9 Å². The minimum absolute atomic E-state index is 0.472. The highest BCUT2D eigenvalue weighted by atomic mass is 35.5. The van der Waals surface area contributed by atoms with Gasteiger partial charge in [-0.25, -0.2) is 15.0 Å². The third kappa shape index (κ3) is 3.49. The number of aryl methyl sites for hydroxylation is 1. The molecule has 4 nitrogen and oxygen atoms in total. The first kappa shape index (κ1) is 16.0. The number of rotatable bonds is 3. The van der Waals surface area contributed by atoms with Gasteiger partial charge in [0.2, 0.25) is 0 Å². The van der Waals surface area contributed by atoms with E-state index < -0.39 is 0 Å². The van der Waals surface area contributed by atoms with E-state index in [1.807, 2.05) is 36.4 Å². The number of hydrogen-bond acceptors (Lipinski definition) is 4. The monoisotopic (exact) mass is 350 g/mol. The van der Waals surface area contributed by atoms with Crippen molar-refractivity contribution >= 4 is 40.5 Å². The van der Waals surface area contributed by atoms with Crippen LogP contribution in [0.15, 0.2) is 36.4 Å². The van der Waals surface area contributed by atoms with Gasteiger partial charge >= 0.3 is 0 Å². The Hall–Kier alpha value is -2.46. The predicted octanol–water partition coefficient (Wildman–Crippen LogP) is 4.76. The fourth-order valence-corrected chi connectivity index (χ4v) is 3.35. The van der Waals surface area contributed by atoms with E-state index in [1.165, 1.54) is 12.8 Å². The third-order valence-electron chi connectivity index (χ3n) is 4.47. The first-order chi connectivity index (χ1) is 12.2. The summed E-state index contributed by atoms with van der Waals surface area (Å²) in [6.07, 6.45) is 6.25. The molecular formula is C20H19ClN4. The lowest BCUT2D eigenvalue weighted by Crippen LogP contribution is -2.19. The van der Waals surface area contributed by atoms with E-state index in [-0.39, 0.29) is 0 Å². The van der Waals surface area contributed by atoms with Crippen molar-refractivity contribution in [3.05, 3.63) is 58.6 Å². The largest absolute Gasteiger partial charge is 0.356 e. The molecule has 25 heavy (non-hydrogen) atoms. The van der Waals surface area contributed by atoms with Crippen molar-refractivity contribution in [3.63, 3.8) is 0 Å². The Morgan fingerprint density at radius 2 is 1.80 bits per heavy atom. The van der Waals surface area contributed by atoms with Crippen molar-refractivity contribution in [1.82, 2.24) is 15.0 Å². The van der Waals surface area contributed by atoms with Crippen molar-refractivity contribution in [2.24, 2.45) is 0 Å². The standard InChI is InChI=1S/C20H19ClN4/c1-14-12-15-6-2-3-7-17(15)22-16(14)8-9-19-23-18(21)13-20(24-19)25-10-4-5-11-25/h2-3,6-9,12-13H,4-5,10-11H2,1H3/b9-8+. The van der Waals surface area contributed by atoms with Gasteiger partial charge in [0, 0.05) is 24.5 Å². The van der Waals surface area contributed by atoms with Crippen molar-refractivity contribution in [1.29, 1.82) is 0 Å². The molecule has 3 aromatic rings. The SMILES string of the molecule is Cc1cc2ccccc2nc1/C=C/c1nc(Cl)cc(N2CCCC2)n1. The van der Waals surface area contributed by atoms with Crippen LogP contribution < -0.4 is 4.90 Å². The highest BCUT2D eigenvalue weighted by Crippen LogP contribution is 2.22. The number of fused-ring (bicyclic) bond motifs is 1. The van der Waals surface area contributed by atoms with Crippen molar-refractivity contribution in [2.75, 3.05) is 18.0 Å². The van der Waals surface area contributed by atoms with Gasteiger partial charge in [0.05, 0.1) is 11.2 Å². The van der Waals surface area contributed by atoms with Crippen LogP contribution in [0.1, 0.15) is 29.9 Å². The van der Waals surface area contributed by atoms with Crippen LogP contribution in [0.2, 0.25) is 5.15 Å². The van der Waals surface area contributed by atoms with Crippen LogP contribution in [0.25, 0.3) is 23.1 Å². The quantitative estimate of drug-likeness (QED) is 0.639. The van der Waals surface area contributed by atoms with E-state index in [2.05, 4.69) is 33.9 Å². The maximum absolute atomic E-state index is 6.19. The van der Waals surface area contributed by atoms with Gasteiger partial charge in [-0.2, -0.15) is 0 Å². The minimum Gasteiger partial charge on any atom is -0.356 e. The molecule has 1 aliphatic heterocycles. The molecule has 0 bridgehead atoms. The van der Waals surface area contributed by atoms with Crippen molar-refractivity contribution in [3.8, 4) is 0 Å². The van der Waals surface area contributed by atoms with E-state index in [4.69, 9.17) is 16.6 Å². The lowest BCUT2D eigenvalue weighted by Gasteiger charge is -2.16. The molecule has 1 saturated heterocycles. The Morgan fingerprint density at radius 1 is 1.00 bits per heavy atom. The first-order valence-electron chi connectivity index (χ1n) is 8.53. The van der Waals surface area contributed by atoms with Crippen LogP contribution in [-0.2, 0) is 0 Å². The summed E-state index contributed by atoms with van der Waals surface area (Å²) in [6.45, 7) is 4.12. The summed E-state index contributed by atoms with van der Waals surface area (Å²) >= 11 is 6.19. The Balaban J connectivity index is 1.66. The predicted molar refractivity (Wildman–Crippen MR) is 104 cm³/mol. The first-order valence-corrected chi connectivity index (χ1v) is 8.91. The summed E-state index contributed by atoms with van der Waals surface area (Å²) in [5, 5.41) is 1.62. The highest BCUT2D eigenvalue weighted by Gasteiger charge is 2.15. The molecular weight excluding hydrogens is 332 g/mol. The molecule has 0 unspecified atom stereocenters. The number of nitrogens with zero attached hydrogens (tertiary/aromatic N) is 4. The fraction of sp³-hybridized carbons (Fsp3) is 0.250. The molecule has 1 aliphatic rings.